The van der Waals surface area contributed by atoms with Crippen LogP contribution in [-0.2, 0) is 16.5 Å². The number of nitrogens with zero attached hydrogens (tertiary/aromatic N) is 1. The monoisotopic (exact) mass is 288 g/mol. The van der Waals surface area contributed by atoms with Gasteiger partial charge in [-0.2, -0.15) is 8.42 Å². The van der Waals surface area contributed by atoms with E-state index in [0.717, 1.165) is 37.9 Å². The molecule has 0 aliphatic carbocycles. The number of unbranched alkanes of at least 4 members (excludes halogenated alkanes) is 7. The van der Waals surface area contributed by atoms with E-state index in [1.165, 1.54) is 19.3 Å². The zero-order valence-corrected chi connectivity index (χ0v) is 12.2. The summed E-state index contributed by atoms with van der Waals surface area (Å²) < 4.78 is 29.5. The van der Waals surface area contributed by atoms with Crippen LogP contribution in [0.25, 0.3) is 0 Å². The maximum absolute atomic E-state index is 10.5. The second-order valence-electron chi connectivity index (χ2n) is 4.90. The van der Waals surface area contributed by atoms with Crippen molar-refractivity contribution < 1.29 is 13.0 Å². The number of aromatic nitrogens is 2. The Kier molecular flexibility index (Phi) is 7.74. The van der Waals surface area contributed by atoms with Crippen LogP contribution in [0.15, 0.2) is 12.4 Å². The zero-order valence-electron chi connectivity index (χ0n) is 11.3. The average molecular weight is 288 g/mol. The van der Waals surface area contributed by atoms with Crippen molar-refractivity contribution in [3.63, 3.8) is 0 Å². The van der Waals surface area contributed by atoms with Crippen molar-refractivity contribution in [3.8, 4) is 0 Å². The molecule has 5 nitrogen and oxygen atoms in total. The molecule has 1 heterocycles. The van der Waals surface area contributed by atoms with Crippen LogP contribution in [0, 0.1) is 0 Å². The Labute approximate surface area is 115 Å². The summed E-state index contributed by atoms with van der Waals surface area (Å²) in [6.07, 6.45) is 13.1. The Morgan fingerprint density at radius 1 is 1.00 bits per heavy atom. The van der Waals surface area contributed by atoms with Crippen molar-refractivity contribution in [1.29, 1.82) is 0 Å². The first kappa shape index (κ1) is 16.2. The summed E-state index contributed by atoms with van der Waals surface area (Å²) in [6, 6.07) is 0. The van der Waals surface area contributed by atoms with Crippen LogP contribution in [0.2, 0.25) is 0 Å². The van der Waals surface area contributed by atoms with Gasteiger partial charge in [-0.25, -0.2) is 4.98 Å². The van der Waals surface area contributed by atoms with E-state index in [4.69, 9.17) is 4.55 Å². The first-order valence-corrected chi connectivity index (χ1v) is 8.62. The third kappa shape index (κ3) is 9.67. The van der Waals surface area contributed by atoms with E-state index >= 15 is 0 Å². The van der Waals surface area contributed by atoms with Crippen molar-refractivity contribution in [2.75, 3.05) is 5.75 Å². The molecule has 1 rings (SSSR count). The first-order chi connectivity index (χ1) is 9.08. The van der Waals surface area contributed by atoms with Crippen LogP contribution in [0.4, 0.5) is 0 Å². The lowest BCUT2D eigenvalue weighted by Crippen LogP contribution is -2.03. The third-order valence-electron chi connectivity index (χ3n) is 3.12. The van der Waals surface area contributed by atoms with Gasteiger partial charge in [0.1, 0.15) is 5.82 Å². The van der Waals surface area contributed by atoms with Gasteiger partial charge in [-0.3, -0.25) is 4.55 Å². The quantitative estimate of drug-likeness (QED) is 0.484. The lowest BCUT2D eigenvalue weighted by molar-refractivity contribution is 0.478. The largest absolute Gasteiger partial charge is 0.349 e. The second-order valence-corrected chi connectivity index (χ2v) is 6.47. The predicted molar refractivity (Wildman–Crippen MR) is 75.6 cm³/mol. The van der Waals surface area contributed by atoms with Gasteiger partial charge in [-0.05, 0) is 12.8 Å². The summed E-state index contributed by atoms with van der Waals surface area (Å²) in [7, 11) is -3.76. The molecule has 0 fully saturated rings. The summed E-state index contributed by atoms with van der Waals surface area (Å²) in [4.78, 5) is 7.27. The summed E-state index contributed by atoms with van der Waals surface area (Å²) >= 11 is 0. The van der Waals surface area contributed by atoms with Gasteiger partial charge in [0.25, 0.3) is 10.1 Å². The SMILES string of the molecule is O=S(=O)(O)CCCCCCCCCCc1ncc[nH]1. The van der Waals surface area contributed by atoms with Gasteiger partial charge in [-0.1, -0.05) is 38.5 Å². The van der Waals surface area contributed by atoms with Gasteiger partial charge in [0.05, 0.1) is 5.75 Å². The fourth-order valence-electron chi connectivity index (χ4n) is 2.07. The normalized spacial score (nSPS) is 11.8. The molecule has 0 radical (unpaired) electrons. The van der Waals surface area contributed by atoms with Gasteiger partial charge in [0.15, 0.2) is 0 Å². The molecule has 0 spiro atoms. The summed E-state index contributed by atoms with van der Waals surface area (Å²) in [5, 5.41) is 0. The molecule has 0 unspecified atom stereocenters. The van der Waals surface area contributed by atoms with Crippen molar-refractivity contribution in [2.45, 2.75) is 57.8 Å². The molecule has 1 aromatic rings. The molecule has 0 saturated carbocycles. The minimum atomic E-state index is -3.76. The molecular formula is C13H24N2O3S. The van der Waals surface area contributed by atoms with Gasteiger partial charge in [0.2, 0.25) is 0 Å². The fraction of sp³-hybridized carbons (Fsp3) is 0.769. The van der Waals surface area contributed by atoms with Crippen LogP contribution in [0.1, 0.15) is 57.2 Å². The molecule has 19 heavy (non-hydrogen) atoms. The third-order valence-corrected chi connectivity index (χ3v) is 3.93. The second kappa shape index (κ2) is 9.09. The number of aryl methyl sites for hydroxylation is 1. The minimum absolute atomic E-state index is 0.101. The van der Waals surface area contributed by atoms with Crippen LogP contribution >= 0.6 is 0 Å². The number of H-pyrrole nitrogens is 1. The lowest BCUT2D eigenvalue weighted by atomic mass is 10.1. The number of imidazole rings is 1. The van der Waals surface area contributed by atoms with E-state index in [1.54, 1.807) is 6.20 Å². The van der Waals surface area contributed by atoms with Crippen molar-refractivity contribution in [1.82, 2.24) is 9.97 Å². The van der Waals surface area contributed by atoms with E-state index in [1.807, 2.05) is 6.20 Å². The molecule has 0 saturated heterocycles. The predicted octanol–water partition coefficient (Wildman–Crippen LogP) is 2.96. The fourth-order valence-corrected chi connectivity index (χ4v) is 2.64. The highest BCUT2D eigenvalue weighted by molar-refractivity contribution is 7.85. The summed E-state index contributed by atoms with van der Waals surface area (Å²) in [5.74, 6) is 0.959. The van der Waals surface area contributed by atoms with Gasteiger partial charge >= 0.3 is 0 Å². The molecule has 110 valence electrons. The smallest absolute Gasteiger partial charge is 0.264 e. The number of rotatable bonds is 11. The maximum Gasteiger partial charge on any atom is 0.264 e. The molecule has 0 aliphatic heterocycles. The van der Waals surface area contributed by atoms with E-state index in [2.05, 4.69) is 9.97 Å². The molecule has 0 aromatic carbocycles. The van der Waals surface area contributed by atoms with Crippen molar-refractivity contribution >= 4 is 10.1 Å². The van der Waals surface area contributed by atoms with Gasteiger partial charge < -0.3 is 4.98 Å². The van der Waals surface area contributed by atoms with Crippen LogP contribution in [0.5, 0.6) is 0 Å². The Balaban J connectivity index is 1.81. The molecule has 2 N–H and O–H groups in total. The van der Waals surface area contributed by atoms with Crippen molar-refractivity contribution in [3.05, 3.63) is 18.2 Å². The number of nitrogens with one attached hydrogen (secondary N) is 1. The zero-order chi connectivity index (χ0) is 14.0. The minimum Gasteiger partial charge on any atom is -0.349 e. The highest BCUT2D eigenvalue weighted by Crippen LogP contribution is 2.10. The molecule has 6 heteroatoms. The molecule has 0 amide bonds. The van der Waals surface area contributed by atoms with E-state index in [-0.39, 0.29) is 5.75 Å². The molecule has 0 atom stereocenters. The Morgan fingerprint density at radius 3 is 2.11 bits per heavy atom. The van der Waals surface area contributed by atoms with Gasteiger partial charge in [0, 0.05) is 18.8 Å². The lowest BCUT2D eigenvalue weighted by Gasteiger charge is -2.01. The topological polar surface area (TPSA) is 83.1 Å². The van der Waals surface area contributed by atoms with Crippen LogP contribution in [-0.4, -0.2) is 28.7 Å². The maximum atomic E-state index is 10.5. The number of aromatic amines is 1. The number of hydrogen-bond donors (Lipinski definition) is 2. The average Bonchev–Trinajstić information content (AvgIpc) is 2.83. The standard InChI is InChI=1S/C13H24N2O3S/c16-19(17,18)12-8-6-4-2-1-3-5-7-9-13-14-10-11-15-13/h10-11H,1-9,12H2,(H,14,15)(H,16,17,18). The Hall–Kier alpha value is -0.880. The molecule has 0 aliphatic rings. The van der Waals surface area contributed by atoms with E-state index < -0.39 is 10.1 Å². The Bertz CT molecular complexity index is 415. The van der Waals surface area contributed by atoms with E-state index in [9.17, 15) is 8.42 Å². The highest BCUT2D eigenvalue weighted by Gasteiger charge is 2.02. The highest BCUT2D eigenvalue weighted by atomic mass is 32.2. The summed E-state index contributed by atoms with van der Waals surface area (Å²) in [6.45, 7) is 0. The van der Waals surface area contributed by atoms with Crippen molar-refractivity contribution in [2.24, 2.45) is 0 Å². The summed E-state index contributed by atoms with van der Waals surface area (Å²) in [5.41, 5.74) is 0. The molecular weight excluding hydrogens is 264 g/mol. The molecule has 1 aromatic heterocycles. The van der Waals surface area contributed by atoms with Gasteiger partial charge in [-0.15, -0.1) is 0 Å². The van der Waals surface area contributed by atoms with Crippen LogP contribution < -0.4 is 0 Å². The molecule has 0 bridgehead atoms. The Morgan fingerprint density at radius 2 is 1.58 bits per heavy atom. The number of hydrogen-bond acceptors (Lipinski definition) is 3. The first-order valence-electron chi connectivity index (χ1n) is 7.01. The van der Waals surface area contributed by atoms with E-state index in [0.29, 0.717) is 6.42 Å². The van der Waals surface area contributed by atoms with Crippen LogP contribution in [0.3, 0.4) is 0 Å².